The van der Waals surface area contributed by atoms with E-state index in [0.29, 0.717) is 16.7 Å². The lowest BCUT2D eigenvalue weighted by Crippen LogP contribution is -2.29. The molecule has 3 rings (SSSR count). The number of ether oxygens (including phenoxy) is 1. The van der Waals surface area contributed by atoms with Gasteiger partial charge in [0.1, 0.15) is 5.60 Å². The number of carboxylic acid groups (broad SMARTS) is 2. The smallest absolute Gasteiger partial charge is 0.469 e. The second-order valence-corrected chi connectivity index (χ2v) is 19.6. The highest BCUT2D eigenvalue weighted by atomic mass is 31.2. The van der Waals surface area contributed by atoms with Gasteiger partial charge in [-0.15, -0.1) is 0 Å². The summed E-state index contributed by atoms with van der Waals surface area (Å²) in [6.07, 6.45) is 0.133. The molecule has 3 aromatic rings. The Balaban J connectivity index is 0. The average Bonchev–Trinajstić information content (AvgIpc) is 3.08. The largest absolute Gasteiger partial charge is 0.478 e. The van der Waals surface area contributed by atoms with E-state index in [1.807, 2.05) is 0 Å². The van der Waals surface area contributed by atoms with Crippen molar-refractivity contribution in [2.45, 2.75) is 100 Å². The Morgan fingerprint density at radius 3 is 1.31 bits per heavy atom. The number of hydrogen-bond donors (Lipinski definition) is 8. The Labute approximate surface area is 358 Å². The Bertz CT molecular complexity index is 1930. The van der Waals surface area contributed by atoms with E-state index in [-0.39, 0.29) is 36.3 Å². The molecular formula is C40H63O18P3. The fraction of sp³-hybridized carbons (Fsp3) is 0.475. The molecule has 21 heteroatoms. The van der Waals surface area contributed by atoms with Crippen molar-refractivity contribution in [1.82, 2.24) is 0 Å². The maximum atomic E-state index is 12.3. The molecule has 0 unspecified atom stereocenters. The number of rotatable bonds is 14. The summed E-state index contributed by atoms with van der Waals surface area (Å²) in [5, 5.41) is 17.6. The van der Waals surface area contributed by atoms with E-state index in [0.717, 1.165) is 11.8 Å². The van der Waals surface area contributed by atoms with Crippen molar-refractivity contribution in [1.29, 1.82) is 0 Å². The molecule has 0 fully saturated rings. The first-order chi connectivity index (χ1) is 27.6. The van der Waals surface area contributed by atoms with Crippen LogP contribution in [0.5, 0.6) is 0 Å². The van der Waals surface area contributed by atoms with Crippen molar-refractivity contribution < 1.29 is 86.0 Å². The zero-order valence-electron chi connectivity index (χ0n) is 36.4. The Morgan fingerprint density at radius 2 is 0.918 bits per heavy atom. The van der Waals surface area contributed by atoms with Gasteiger partial charge in [0.2, 0.25) is 0 Å². The van der Waals surface area contributed by atoms with Gasteiger partial charge in [-0.1, -0.05) is 110 Å². The summed E-state index contributed by atoms with van der Waals surface area (Å²) in [4.78, 5) is 85.3. The monoisotopic (exact) mass is 924 g/mol. The second-order valence-electron chi connectivity index (χ2n) is 15.9. The normalized spacial score (nSPS) is 11.7. The standard InChI is InChI=1S/C15H23O6P.C9H11O6P.C8H9O6P.2C4H10/c1-14(2,3)21-13(16)11-8-6-7-9-12(11)15(4,5)10-20-22(17,18)19;10-9(11)8-4-2-1-3-7(8)5-6-15-16(12,13)14;9-8(10)7-4-2-1-3-6(7)5-14-15(11,12)13;2*1-4(2)3/h6-9H,10H2,1-5H3,(H2,17,18,19);1-4H,5-6H2,(H,10,11)(H2,12,13,14);1-4H,5H2,(H,9,10)(H2,11,12,13);2*4H,1-3H3. The first-order valence-electron chi connectivity index (χ1n) is 18.6. The minimum atomic E-state index is -4.57. The highest BCUT2D eigenvalue weighted by Crippen LogP contribution is 2.40. The quantitative estimate of drug-likeness (QED) is 0.0556. The van der Waals surface area contributed by atoms with E-state index >= 15 is 0 Å². The van der Waals surface area contributed by atoms with Gasteiger partial charge in [0.15, 0.2) is 0 Å². The fourth-order valence-corrected chi connectivity index (χ4v) is 5.26. The average molecular weight is 925 g/mol. The maximum Gasteiger partial charge on any atom is 0.469 e. The fourth-order valence-electron chi connectivity index (χ4n) is 4.14. The Morgan fingerprint density at radius 1 is 0.557 bits per heavy atom. The van der Waals surface area contributed by atoms with E-state index in [2.05, 4.69) is 55.1 Å². The van der Waals surface area contributed by atoms with Crippen molar-refractivity contribution in [2.75, 3.05) is 13.2 Å². The molecular weight excluding hydrogens is 861 g/mol. The molecule has 0 radical (unpaired) electrons. The highest BCUT2D eigenvalue weighted by Gasteiger charge is 2.31. The third-order valence-corrected chi connectivity index (χ3v) is 7.83. The molecule has 0 amide bonds. The summed E-state index contributed by atoms with van der Waals surface area (Å²) in [5.74, 6) is -1.06. The first-order valence-corrected chi connectivity index (χ1v) is 23.2. The number of carbonyl (C=O) groups is 3. The van der Waals surface area contributed by atoms with Crippen LogP contribution >= 0.6 is 23.5 Å². The minimum Gasteiger partial charge on any atom is -0.478 e. The zero-order valence-corrected chi connectivity index (χ0v) is 39.1. The predicted molar refractivity (Wildman–Crippen MR) is 229 cm³/mol. The van der Waals surface area contributed by atoms with Crippen LogP contribution in [0.1, 0.15) is 124 Å². The van der Waals surface area contributed by atoms with Crippen molar-refractivity contribution in [3.8, 4) is 0 Å². The topological polar surface area (TPSA) is 301 Å². The molecule has 346 valence electrons. The number of phosphoric acid groups is 3. The van der Waals surface area contributed by atoms with Crippen LogP contribution in [-0.2, 0) is 50.4 Å². The summed E-state index contributed by atoms with van der Waals surface area (Å²) in [7, 11) is -13.6. The molecule has 8 N–H and O–H groups in total. The summed E-state index contributed by atoms with van der Waals surface area (Å²) in [6.45, 7) is 20.9. The van der Waals surface area contributed by atoms with Crippen LogP contribution in [0, 0.1) is 11.8 Å². The van der Waals surface area contributed by atoms with Gasteiger partial charge in [-0.25, -0.2) is 28.1 Å². The molecule has 3 aromatic carbocycles. The lowest BCUT2D eigenvalue weighted by molar-refractivity contribution is 0.00656. The van der Waals surface area contributed by atoms with E-state index in [1.165, 1.54) is 24.3 Å². The highest BCUT2D eigenvalue weighted by molar-refractivity contribution is 7.46. The summed E-state index contributed by atoms with van der Waals surface area (Å²) < 4.78 is 50.1. The van der Waals surface area contributed by atoms with Crippen LogP contribution in [0.3, 0.4) is 0 Å². The lowest BCUT2D eigenvalue weighted by Gasteiger charge is -2.28. The van der Waals surface area contributed by atoms with Crippen molar-refractivity contribution in [2.24, 2.45) is 11.8 Å². The van der Waals surface area contributed by atoms with Gasteiger partial charge in [0, 0.05) is 5.41 Å². The molecule has 0 aliphatic rings. The number of carbonyl (C=O) groups excluding carboxylic acids is 1. The van der Waals surface area contributed by atoms with Gasteiger partial charge < -0.3 is 44.3 Å². The van der Waals surface area contributed by atoms with Crippen molar-refractivity contribution >= 4 is 41.4 Å². The molecule has 0 atom stereocenters. The molecule has 18 nitrogen and oxygen atoms in total. The van der Waals surface area contributed by atoms with E-state index in [1.54, 1.807) is 83.1 Å². The van der Waals surface area contributed by atoms with E-state index < -0.39 is 59.0 Å². The van der Waals surface area contributed by atoms with E-state index in [9.17, 15) is 28.1 Å². The van der Waals surface area contributed by atoms with Gasteiger partial charge in [0.05, 0.1) is 36.5 Å². The number of esters is 1. The number of aromatic carboxylic acids is 2. The van der Waals surface area contributed by atoms with Gasteiger partial charge in [-0.05, 0) is 73.9 Å². The van der Waals surface area contributed by atoms with Crippen LogP contribution in [0.25, 0.3) is 0 Å². The van der Waals surface area contributed by atoms with Crippen molar-refractivity contribution in [3.05, 3.63) is 106 Å². The third kappa shape index (κ3) is 31.8. The SMILES string of the molecule is CC(C)(C)OC(=O)c1ccccc1C(C)(C)COP(=O)(O)O.CC(C)C.CC(C)C.O=C(O)c1ccccc1CCOP(=O)(O)O.O=C(O)c1ccccc1COP(=O)(O)O. The summed E-state index contributed by atoms with van der Waals surface area (Å²) in [6, 6.07) is 18.9. The summed E-state index contributed by atoms with van der Waals surface area (Å²) >= 11 is 0. The minimum absolute atomic E-state index is 0.0362. The molecule has 0 aliphatic carbocycles. The second kappa shape index (κ2) is 27.5. The molecule has 0 saturated heterocycles. The Kier molecular flexibility index (Phi) is 26.8. The van der Waals surface area contributed by atoms with Gasteiger partial charge in [-0.3, -0.25) is 13.6 Å². The molecule has 0 bridgehead atoms. The molecule has 0 aromatic heterocycles. The van der Waals surface area contributed by atoms with Crippen LogP contribution in [0.4, 0.5) is 0 Å². The predicted octanol–water partition coefficient (Wildman–Crippen LogP) is 8.38. The maximum absolute atomic E-state index is 12.3. The van der Waals surface area contributed by atoms with Crippen molar-refractivity contribution in [3.63, 3.8) is 0 Å². The van der Waals surface area contributed by atoms with Crippen LogP contribution in [0.2, 0.25) is 0 Å². The van der Waals surface area contributed by atoms with Crippen LogP contribution in [-0.4, -0.2) is 76.3 Å². The molecule has 0 spiro atoms. The number of carboxylic acids is 2. The molecule has 0 saturated carbocycles. The Hall–Kier alpha value is -3.60. The zero-order chi connectivity index (χ0) is 48.0. The van der Waals surface area contributed by atoms with Crippen LogP contribution in [0.15, 0.2) is 72.8 Å². The van der Waals surface area contributed by atoms with Crippen LogP contribution < -0.4 is 0 Å². The van der Waals surface area contributed by atoms with Gasteiger partial charge in [-0.2, -0.15) is 0 Å². The number of phosphoric ester groups is 3. The molecule has 61 heavy (non-hydrogen) atoms. The van der Waals surface area contributed by atoms with Gasteiger partial charge in [0.25, 0.3) is 0 Å². The lowest BCUT2D eigenvalue weighted by atomic mass is 9.82. The summed E-state index contributed by atoms with van der Waals surface area (Å²) in [5.41, 5.74) is 0.333. The number of hydrogen-bond acceptors (Lipinski definition) is 10. The first kappa shape index (κ1) is 59.5. The molecule has 0 aliphatic heterocycles. The number of benzene rings is 3. The van der Waals surface area contributed by atoms with Gasteiger partial charge >= 0.3 is 41.4 Å². The third-order valence-electron chi connectivity index (χ3n) is 6.38. The van der Waals surface area contributed by atoms with E-state index in [4.69, 9.17) is 44.3 Å². The molecule has 0 heterocycles.